The van der Waals surface area contributed by atoms with Crippen LogP contribution in [0.25, 0.3) is 16.5 Å². The second kappa shape index (κ2) is 5.96. The Kier molecular flexibility index (Phi) is 3.76. The maximum atomic E-state index is 12.2. The van der Waals surface area contributed by atoms with Gasteiger partial charge in [-0.15, -0.1) is 11.3 Å². The Hall–Kier alpha value is -2.74. The van der Waals surface area contributed by atoms with Crippen molar-refractivity contribution in [3.63, 3.8) is 0 Å². The van der Waals surface area contributed by atoms with Crippen LogP contribution in [0.5, 0.6) is 0 Å². The van der Waals surface area contributed by atoms with Gasteiger partial charge in [0.2, 0.25) is 11.9 Å². The molecule has 0 saturated heterocycles. The number of hydrogen-bond donors (Lipinski definition) is 2. The highest BCUT2D eigenvalue weighted by molar-refractivity contribution is 7.13. The molecule has 128 valence electrons. The third-order valence-corrected chi connectivity index (χ3v) is 5.16. The molecule has 3 heterocycles. The van der Waals surface area contributed by atoms with E-state index in [4.69, 9.17) is 0 Å². The van der Waals surface area contributed by atoms with Crippen molar-refractivity contribution in [1.82, 2.24) is 19.7 Å². The molecule has 2 N–H and O–H groups in total. The van der Waals surface area contributed by atoms with Crippen LogP contribution >= 0.6 is 11.3 Å². The van der Waals surface area contributed by atoms with Gasteiger partial charge in [-0.05, 0) is 38.1 Å². The van der Waals surface area contributed by atoms with Gasteiger partial charge in [0.1, 0.15) is 11.5 Å². The van der Waals surface area contributed by atoms with Crippen molar-refractivity contribution < 1.29 is 4.79 Å². The van der Waals surface area contributed by atoms with E-state index in [1.54, 1.807) is 31.3 Å². The summed E-state index contributed by atoms with van der Waals surface area (Å²) >= 11 is 1.56. The quantitative estimate of drug-likeness (QED) is 0.752. The number of thiophene rings is 1. The topological polar surface area (TPSA) is 92.7 Å². The fraction of sp³-hybridized carbons (Fsp3) is 0.294. The first-order valence-electron chi connectivity index (χ1n) is 8.05. The summed E-state index contributed by atoms with van der Waals surface area (Å²) in [6, 6.07) is 5.71. The number of carbonyl (C=O) groups is 1. The van der Waals surface area contributed by atoms with E-state index < -0.39 is 0 Å². The molecule has 1 fully saturated rings. The van der Waals surface area contributed by atoms with E-state index >= 15 is 0 Å². The van der Waals surface area contributed by atoms with Crippen molar-refractivity contribution in [1.29, 1.82) is 0 Å². The highest BCUT2D eigenvalue weighted by Gasteiger charge is 2.30. The van der Waals surface area contributed by atoms with Crippen LogP contribution < -0.4 is 10.9 Å². The molecule has 8 heteroatoms. The lowest BCUT2D eigenvalue weighted by atomic mass is 10.3. The number of nitrogens with one attached hydrogen (secondary N) is 2. The Balaban J connectivity index is 1.81. The molecular weight excluding hydrogens is 338 g/mol. The molecule has 4 rings (SSSR count). The summed E-state index contributed by atoms with van der Waals surface area (Å²) in [4.78, 5) is 32.4. The summed E-state index contributed by atoms with van der Waals surface area (Å²) in [5.41, 5.74) is 1.71. The van der Waals surface area contributed by atoms with Crippen LogP contribution in [0, 0.1) is 19.8 Å². The fourth-order valence-corrected chi connectivity index (χ4v) is 3.16. The summed E-state index contributed by atoms with van der Waals surface area (Å²) in [6.45, 7) is 3.50. The summed E-state index contributed by atoms with van der Waals surface area (Å²) in [7, 11) is 0. The first kappa shape index (κ1) is 15.8. The van der Waals surface area contributed by atoms with Crippen LogP contribution in [-0.2, 0) is 4.79 Å². The van der Waals surface area contributed by atoms with E-state index in [2.05, 4.69) is 20.4 Å². The van der Waals surface area contributed by atoms with Crippen molar-refractivity contribution in [2.45, 2.75) is 26.7 Å². The van der Waals surface area contributed by atoms with Gasteiger partial charge in [-0.1, -0.05) is 6.07 Å². The first-order chi connectivity index (χ1) is 12.0. The number of aromatic nitrogens is 4. The van der Waals surface area contributed by atoms with Gasteiger partial charge in [0.15, 0.2) is 0 Å². The normalized spacial score (nSPS) is 13.8. The van der Waals surface area contributed by atoms with E-state index in [1.807, 2.05) is 17.5 Å². The van der Waals surface area contributed by atoms with Crippen molar-refractivity contribution in [3.05, 3.63) is 45.2 Å². The van der Waals surface area contributed by atoms with Gasteiger partial charge in [0.25, 0.3) is 5.56 Å². The zero-order valence-electron chi connectivity index (χ0n) is 13.9. The Morgan fingerprint density at radius 2 is 2.20 bits per heavy atom. The monoisotopic (exact) mass is 355 g/mol. The van der Waals surface area contributed by atoms with Crippen molar-refractivity contribution in [2.75, 3.05) is 5.32 Å². The SMILES string of the molecule is Cc1nc(-n2nc(-c3cccs3)cc2NC(=O)C2CC2)[nH]c(=O)c1C. The Bertz CT molecular complexity index is 999. The van der Waals surface area contributed by atoms with Gasteiger partial charge in [0, 0.05) is 23.2 Å². The molecule has 1 aliphatic rings. The molecule has 1 amide bonds. The van der Waals surface area contributed by atoms with Gasteiger partial charge in [-0.3, -0.25) is 14.6 Å². The van der Waals surface area contributed by atoms with Crippen LogP contribution in [-0.4, -0.2) is 25.7 Å². The lowest BCUT2D eigenvalue weighted by molar-refractivity contribution is -0.117. The van der Waals surface area contributed by atoms with E-state index in [9.17, 15) is 9.59 Å². The average Bonchev–Trinajstić information content (AvgIpc) is 3.13. The van der Waals surface area contributed by atoms with Crippen LogP contribution in [0.1, 0.15) is 24.1 Å². The molecule has 0 atom stereocenters. The molecule has 0 aromatic carbocycles. The molecule has 1 aliphatic carbocycles. The van der Waals surface area contributed by atoms with Gasteiger partial charge >= 0.3 is 0 Å². The molecule has 0 unspecified atom stereocenters. The minimum atomic E-state index is -0.213. The van der Waals surface area contributed by atoms with Gasteiger partial charge in [-0.25, -0.2) is 4.98 Å². The molecule has 0 radical (unpaired) electrons. The number of H-pyrrole nitrogens is 1. The summed E-state index contributed by atoms with van der Waals surface area (Å²) < 4.78 is 1.49. The third-order valence-electron chi connectivity index (χ3n) is 4.27. The Morgan fingerprint density at radius 1 is 1.40 bits per heavy atom. The number of amides is 1. The number of aromatic amines is 1. The second-order valence-corrected chi connectivity index (χ2v) is 7.12. The van der Waals surface area contributed by atoms with Crippen LogP contribution in [0.4, 0.5) is 5.82 Å². The van der Waals surface area contributed by atoms with E-state index in [0.29, 0.717) is 23.0 Å². The second-order valence-electron chi connectivity index (χ2n) is 6.17. The molecular formula is C17H17N5O2S. The van der Waals surface area contributed by atoms with Crippen molar-refractivity contribution in [3.8, 4) is 16.5 Å². The van der Waals surface area contributed by atoms with Crippen LogP contribution in [0.15, 0.2) is 28.4 Å². The van der Waals surface area contributed by atoms with Crippen molar-refractivity contribution >= 4 is 23.1 Å². The minimum absolute atomic E-state index is 0.0231. The lowest BCUT2D eigenvalue weighted by Gasteiger charge is -2.08. The van der Waals surface area contributed by atoms with E-state index in [0.717, 1.165) is 23.4 Å². The third kappa shape index (κ3) is 3.00. The zero-order chi connectivity index (χ0) is 17.6. The maximum Gasteiger partial charge on any atom is 0.255 e. The Morgan fingerprint density at radius 3 is 2.84 bits per heavy atom. The number of rotatable bonds is 4. The molecule has 7 nitrogen and oxygen atoms in total. The van der Waals surface area contributed by atoms with Gasteiger partial charge < -0.3 is 5.32 Å². The molecule has 25 heavy (non-hydrogen) atoms. The lowest BCUT2D eigenvalue weighted by Crippen LogP contribution is -2.21. The molecule has 3 aromatic heterocycles. The number of aryl methyl sites for hydroxylation is 1. The number of anilines is 1. The predicted octanol–water partition coefficient (Wildman–Crippen LogP) is 2.65. The van der Waals surface area contributed by atoms with Crippen molar-refractivity contribution in [2.24, 2.45) is 5.92 Å². The summed E-state index contributed by atoms with van der Waals surface area (Å²) in [6.07, 6.45) is 1.83. The minimum Gasteiger partial charge on any atom is -0.310 e. The fourth-order valence-electron chi connectivity index (χ4n) is 2.48. The van der Waals surface area contributed by atoms with Crippen LogP contribution in [0.3, 0.4) is 0 Å². The zero-order valence-corrected chi connectivity index (χ0v) is 14.7. The molecule has 0 spiro atoms. The molecule has 0 aliphatic heterocycles. The smallest absolute Gasteiger partial charge is 0.255 e. The highest BCUT2D eigenvalue weighted by Crippen LogP contribution is 2.32. The van der Waals surface area contributed by atoms with Gasteiger partial charge in [0.05, 0.1) is 4.88 Å². The Labute approximate surface area is 147 Å². The first-order valence-corrected chi connectivity index (χ1v) is 8.93. The molecule has 1 saturated carbocycles. The summed E-state index contributed by atoms with van der Waals surface area (Å²) in [5, 5.41) is 9.42. The molecule has 0 bridgehead atoms. The van der Waals surface area contributed by atoms with E-state index in [-0.39, 0.29) is 17.4 Å². The molecule has 3 aromatic rings. The standard InChI is InChI=1S/C17H17N5O2S/c1-9-10(2)18-17(20-15(9)23)22-14(19-16(24)11-5-6-11)8-12(21-22)13-4-3-7-25-13/h3-4,7-8,11H,5-6H2,1-2H3,(H,19,24)(H,18,20,23). The van der Waals surface area contributed by atoms with E-state index in [1.165, 1.54) is 4.68 Å². The largest absolute Gasteiger partial charge is 0.310 e. The predicted molar refractivity (Wildman–Crippen MR) is 96.1 cm³/mol. The number of nitrogens with zero attached hydrogens (tertiary/aromatic N) is 3. The number of hydrogen-bond acceptors (Lipinski definition) is 5. The average molecular weight is 355 g/mol. The summed E-state index contributed by atoms with van der Waals surface area (Å²) in [5.74, 6) is 0.846. The van der Waals surface area contributed by atoms with Crippen LogP contribution in [0.2, 0.25) is 0 Å². The van der Waals surface area contributed by atoms with Gasteiger partial charge in [-0.2, -0.15) is 9.78 Å². The maximum absolute atomic E-state index is 12.2. The number of carbonyl (C=O) groups excluding carboxylic acids is 1. The highest BCUT2D eigenvalue weighted by atomic mass is 32.1.